The Morgan fingerprint density at radius 3 is 2.36 bits per heavy atom. The fourth-order valence-electron chi connectivity index (χ4n) is 1.19. The largest absolute Gasteiger partial charge is 0.504 e. The highest BCUT2D eigenvalue weighted by atomic mass is 19.1. The molecule has 78 valence electrons. The number of phenols is 1. The number of ether oxygens (including phenoxy) is 2. The lowest BCUT2D eigenvalue weighted by Gasteiger charge is -2.11. The van der Waals surface area contributed by atoms with E-state index in [0.29, 0.717) is 11.3 Å². The lowest BCUT2D eigenvalue weighted by molar-refractivity contribution is 0.326. The fourth-order valence-corrected chi connectivity index (χ4v) is 1.19. The molecule has 0 spiro atoms. The van der Waals surface area contributed by atoms with E-state index in [2.05, 4.69) is 0 Å². The van der Waals surface area contributed by atoms with E-state index in [1.807, 2.05) is 0 Å². The van der Waals surface area contributed by atoms with Gasteiger partial charge in [-0.1, -0.05) is 0 Å². The van der Waals surface area contributed by atoms with Crippen LogP contribution in [-0.2, 0) is 0 Å². The molecule has 4 heteroatoms. The summed E-state index contributed by atoms with van der Waals surface area (Å²) in [5.41, 5.74) is 0.361. The van der Waals surface area contributed by atoms with Gasteiger partial charge in [0, 0.05) is 0 Å². The van der Waals surface area contributed by atoms with Gasteiger partial charge < -0.3 is 14.6 Å². The summed E-state index contributed by atoms with van der Waals surface area (Å²) in [5, 5.41) is 9.48. The molecule has 1 N–H and O–H groups in total. The van der Waals surface area contributed by atoms with E-state index in [-0.39, 0.29) is 11.5 Å². The smallest absolute Gasteiger partial charge is 0.203 e. The molecule has 0 aliphatic heterocycles. The monoisotopic (exact) mass is 200 g/mol. The molecular weight excluding hydrogens is 187 g/mol. The molecular formula is C10H13FO3. The zero-order valence-corrected chi connectivity index (χ0v) is 8.37. The maximum atomic E-state index is 13.0. The lowest BCUT2D eigenvalue weighted by atomic mass is 10.1. The minimum Gasteiger partial charge on any atom is -0.504 e. The van der Waals surface area contributed by atoms with Gasteiger partial charge in [0.25, 0.3) is 0 Å². The molecule has 0 heterocycles. The minimum atomic E-state index is -1.15. The van der Waals surface area contributed by atoms with Crippen molar-refractivity contribution in [1.82, 2.24) is 0 Å². The molecule has 0 fully saturated rings. The summed E-state index contributed by atoms with van der Waals surface area (Å²) in [7, 11) is 2.85. The molecule has 1 atom stereocenters. The second kappa shape index (κ2) is 4.17. The van der Waals surface area contributed by atoms with E-state index >= 15 is 0 Å². The molecule has 14 heavy (non-hydrogen) atoms. The van der Waals surface area contributed by atoms with Crippen molar-refractivity contribution in [3.63, 3.8) is 0 Å². The van der Waals surface area contributed by atoms with E-state index in [9.17, 15) is 9.50 Å². The third kappa shape index (κ3) is 1.89. The molecule has 0 bridgehead atoms. The van der Waals surface area contributed by atoms with Crippen molar-refractivity contribution in [2.75, 3.05) is 14.2 Å². The van der Waals surface area contributed by atoms with Crippen LogP contribution in [-0.4, -0.2) is 19.3 Å². The van der Waals surface area contributed by atoms with E-state index < -0.39 is 6.17 Å². The lowest BCUT2D eigenvalue weighted by Crippen LogP contribution is -1.94. The minimum absolute atomic E-state index is 0.119. The number of hydrogen-bond donors (Lipinski definition) is 1. The number of methoxy groups -OCH3 is 2. The van der Waals surface area contributed by atoms with Gasteiger partial charge in [-0.25, -0.2) is 4.39 Å². The van der Waals surface area contributed by atoms with Gasteiger partial charge in [-0.05, 0) is 24.6 Å². The van der Waals surface area contributed by atoms with E-state index in [0.717, 1.165) is 0 Å². The van der Waals surface area contributed by atoms with Gasteiger partial charge in [-0.2, -0.15) is 0 Å². The molecule has 0 aliphatic rings. The number of halogens is 1. The van der Waals surface area contributed by atoms with Gasteiger partial charge >= 0.3 is 0 Å². The fraction of sp³-hybridized carbons (Fsp3) is 0.400. The quantitative estimate of drug-likeness (QED) is 0.814. The molecule has 0 saturated heterocycles. The Labute approximate surface area is 82.1 Å². The van der Waals surface area contributed by atoms with Crippen LogP contribution in [0.1, 0.15) is 18.7 Å². The third-order valence-corrected chi connectivity index (χ3v) is 1.94. The molecule has 0 saturated carbocycles. The molecule has 0 aliphatic carbocycles. The van der Waals surface area contributed by atoms with Crippen LogP contribution >= 0.6 is 0 Å². The van der Waals surface area contributed by atoms with Crippen molar-refractivity contribution in [2.24, 2.45) is 0 Å². The zero-order valence-electron chi connectivity index (χ0n) is 8.37. The van der Waals surface area contributed by atoms with Gasteiger partial charge in [0.15, 0.2) is 11.5 Å². The van der Waals surface area contributed by atoms with Crippen molar-refractivity contribution in [3.05, 3.63) is 17.7 Å². The number of alkyl halides is 1. The molecule has 0 radical (unpaired) electrons. The molecule has 3 nitrogen and oxygen atoms in total. The number of phenolic OH excluding ortho intramolecular Hbond substituents is 1. The Balaban J connectivity index is 3.24. The molecule has 1 unspecified atom stereocenters. The van der Waals surface area contributed by atoms with Crippen LogP contribution in [0.25, 0.3) is 0 Å². The first-order chi connectivity index (χ1) is 6.60. The normalized spacial score (nSPS) is 12.3. The van der Waals surface area contributed by atoms with Gasteiger partial charge in [0.1, 0.15) is 6.17 Å². The van der Waals surface area contributed by atoms with Crippen LogP contribution in [0.4, 0.5) is 4.39 Å². The van der Waals surface area contributed by atoms with Crippen LogP contribution in [0.15, 0.2) is 12.1 Å². The SMILES string of the molecule is COc1cc(C(C)F)cc(O)c1OC. The Morgan fingerprint density at radius 1 is 1.29 bits per heavy atom. The number of rotatable bonds is 3. The highest BCUT2D eigenvalue weighted by Crippen LogP contribution is 2.39. The standard InChI is InChI=1S/C10H13FO3/c1-6(11)7-4-8(12)10(14-3)9(5-7)13-2/h4-6,12H,1-3H3. The predicted molar refractivity (Wildman–Crippen MR) is 50.7 cm³/mol. The van der Waals surface area contributed by atoms with Crippen molar-refractivity contribution in [3.8, 4) is 17.2 Å². The van der Waals surface area contributed by atoms with E-state index in [1.165, 1.54) is 33.3 Å². The summed E-state index contributed by atoms with van der Waals surface area (Å²) in [6.07, 6.45) is -1.15. The van der Waals surface area contributed by atoms with Gasteiger partial charge in [0.05, 0.1) is 14.2 Å². The van der Waals surface area contributed by atoms with Gasteiger partial charge in [-0.15, -0.1) is 0 Å². The van der Waals surface area contributed by atoms with Crippen molar-refractivity contribution < 1.29 is 19.0 Å². The van der Waals surface area contributed by atoms with Crippen molar-refractivity contribution >= 4 is 0 Å². The van der Waals surface area contributed by atoms with E-state index in [4.69, 9.17) is 9.47 Å². The summed E-state index contributed by atoms with van der Waals surface area (Å²) < 4.78 is 22.8. The first-order valence-electron chi connectivity index (χ1n) is 4.19. The second-order valence-corrected chi connectivity index (χ2v) is 2.89. The van der Waals surface area contributed by atoms with Crippen LogP contribution in [0.2, 0.25) is 0 Å². The maximum absolute atomic E-state index is 13.0. The molecule has 0 amide bonds. The van der Waals surface area contributed by atoms with Crippen LogP contribution in [0.3, 0.4) is 0 Å². The molecule has 0 aromatic heterocycles. The Kier molecular flexibility index (Phi) is 3.17. The Hall–Kier alpha value is -1.45. The molecule has 1 aromatic carbocycles. The van der Waals surface area contributed by atoms with Crippen LogP contribution in [0.5, 0.6) is 17.2 Å². The summed E-state index contributed by atoms with van der Waals surface area (Å²) in [4.78, 5) is 0. The average Bonchev–Trinajstić information content (AvgIpc) is 2.16. The van der Waals surface area contributed by atoms with Gasteiger partial charge in [0.2, 0.25) is 5.75 Å². The molecule has 1 aromatic rings. The van der Waals surface area contributed by atoms with E-state index in [1.54, 1.807) is 0 Å². The average molecular weight is 200 g/mol. The number of benzene rings is 1. The zero-order chi connectivity index (χ0) is 10.7. The van der Waals surface area contributed by atoms with Crippen LogP contribution < -0.4 is 9.47 Å². The Morgan fingerprint density at radius 2 is 1.93 bits per heavy atom. The molecule has 1 rings (SSSR count). The first-order valence-corrected chi connectivity index (χ1v) is 4.19. The Bertz CT molecular complexity index is 323. The van der Waals surface area contributed by atoms with Crippen LogP contribution in [0, 0.1) is 0 Å². The highest BCUT2D eigenvalue weighted by Gasteiger charge is 2.14. The number of aromatic hydroxyl groups is 1. The maximum Gasteiger partial charge on any atom is 0.203 e. The summed E-state index contributed by atoms with van der Waals surface area (Å²) >= 11 is 0. The van der Waals surface area contributed by atoms with Gasteiger partial charge in [-0.3, -0.25) is 0 Å². The number of hydrogen-bond acceptors (Lipinski definition) is 3. The highest BCUT2D eigenvalue weighted by molar-refractivity contribution is 5.53. The first kappa shape index (κ1) is 10.6. The second-order valence-electron chi connectivity index (χ2n) is 2.89. The summed E-state index contributed by atoms with van der Waals surface area (Å²) in [5.74, 6) is 0.426. The predicted octanol–water partition coefficient (Wildman–Crippen LogP) is 2.44. The topological polar surface area (TPSA) is 38.7 Å². The van der Waals surface area contributed by atoms with Crippen molar-refractivity contribution in [2.45, 2.75) is 13.1 Å². The summed E-state index contributed by atoms with van der Waals surface area (Å²) in [6.45, 7) is 1.39. The summed E-state index contributed by atoms with van der Waals surface area (Å²) in [6, 6.07) is 2.83. The van der Waals surface area contributed by atoms with Crippen molar-refractivity contribution in [1.29, 1.82) is 0 Å². The third-order valence-electron chi connectivity index (χ3n) is 1.94.